The Morgan fingerprint density at radius 3 is 2.40 bits per heavy atom. The largest absolute Gasteiger partial charge is 0.490 e. The van der Waals surface area contributed by atoms with E-state index in [1.54, 1.807) is 36.5 Å². The second-order valence-corrected chi connectivity index (χ2v) is 10.5. The Morgan fingerprint density at radius 2 is 1.77 bits per heavy atom. The van der Waals surface area contributed by atoms with Crippen molar-refractivity contribution >= 4 is 51.3 Å². The Labute approximate surface area is 224 Å². The van der Waals surface area contributed by atoms with Gasteiger partial charge >= 0.3 is 0 Å². The fourth-order valence-electron chi connectivity index (χ4n) is 3.21. The topological polar surface area (TPSA) is 59.9 Å². The highest BCUT2D eigenvalue weighted by molar-refractivity contribution is 9.10. The zero-order valence-corrected chi connectivity index (χ0v) is 23.1. The molecule has 0 aliphatic heterocycles. The first-order valence-corrected chi connectivity index (χ1v) is 12.6. The van der Waals surface area contributed by atoms with Crippen molar-refractivity contribution in [2.24, 2.45) is 5.10 Å². The molecule has 8 heteroatoms. The van der Waals surface area contributed by atoms with Crippen LogP contribution in [0, 0.1) is 0 Å². The Balaban J connectivity index is 1.71. The maximum absolute atomic E-state index is 12.5. The van der Waals surface area contributed by atoms with Crippen LogP contribution >= 0.6 is 39.1 Å². The Hall–Kier alpha value is -2.54. The molecule has 0 unspecified atom stereocenters. The number of carbonyl (C=O) groups is 1. The minimum atomic E-state index is -0.286. The molecule has 0 saturated heterocycles. The third-order valence-corrected chi connectivity index (χ3v) is 6.29. The lowest BCUT2D eigenvalue weighted by atomic mass is 9.87. The van der Waals surface area contributed by atoms with Gasteiger partial charge in [0.1, 0.15) is 6.61 Å². The molecular formula is C27H27BrCl2N2O3. The van der Waals surface area contributed by atoms with Crippen molar-refractivity contribution < 1.29 is 14.3 Å². The van der Waals surface area contributed by atoms with E-state index in [9.17, 15) is 4.79 Å². The van der Waals surface area contributed by atoms with E-state index in [0.29, 0.717) is 38.2 Å². The van der Waals surface area contributed by atoms with Gasteiger partial charge in [-0.05, 0) is 75.8 Å². The third kappa shape index (κ3) is 7.47. The van der Waals surface area contributed by atoms with Gasteiger partial charge in [-0.25, -0.2) is 5.43 Å². The number of nitrogens with zero attached hydrogens (tertiary/aromatic N) is 1. The molecule has 1 amide bonds. The molecule has 0 radical (unpaired) electrons. The van der Waals surface area contributed by atoms with E-state index < -0.39 is 0 Å². The van der Waals surface area contributed by atoms with Gasteiger partial charge in [-0.3, -0.25) is 4.79 Å². The number of halogens is 3. The van der Waals surface area contributed by atoms with Crippen molar-refractivity contribution in [3.05, 3.63) is 91.4 Å². The summed E-state index contributed by atoms with van der Waals surface area (Å²) in [6.45, 7) is 8.97. The maximum Gasteiger partial charge on any atom is 0.271 e. The second-order valence-electron chi connectivity index (χ2n) is 8.81. The van der Waals surface area contributed by atoms with Crippen LogP contribution in [0.2, 0.25) is 10.0 Å². The number of hydrogen-bond donors (Lipinski definition) is 1. The number of benzene rings is 3. The van der Waals surface area contributed by atoms with Crippen molar-refractivity contribution in [2.75, 3.05) is 6.61 Å². The molecule has 0 aliphatic carbocycles. The van der Waals surface area contributed by atoms with Crippen molar-refractivity contribution in [2.45, 2.75) is 39.7 Å². The summed E-state index contributed by atoms with van der Waals surface area (Å²) < 4.78 is 12.5. The lowest BCUT2D eigenvalue weighted by Crippen LogP contribution is -2.18. The smallest absolute Gasteiger partial charge is 0.271 e. The monoisotopic (exact) mass is 576 g/mol. The van der Waals surface area contributed by atoms with Crippen molar-refractivity contribution in [1.29, 1.82) is 0 Å². The Morgan fingerprint density at radius 1 is 1.06 bits per heavy atom. The van der Waals surface area contributed by atoms with E-state index in [1.807, 2.05) is 31.2 Å². The van der Waals surface area contributed by atoms with Crippen LogP contribution in [0.1, 0.15) is 54.7 Å². The molecule has 0 saturated carbocycles. The highest BCUT2D eigenvalue weighted by atomic mass is 79.9. The molecule has 3 rings (SSSR count). The van der Waals surface area contributed by atoms with E-state index >= 15 is 0 Å². The molecule has 0 aliphatic rings. The summed E-state index contributed by atoms with van der Waals surface area (Å²) in [7, 11) is 0. The minimum Gasteiger partial charge on any atom is -0.490 e. The lowest BCUT2D eigenvalue weighted by molar-refractivity contribution is 0.0955. The summed E-state index contributed by atoms with van der Waals surface area (Å²) in [6, 6.07) is 16.4. The zero-order chi connectivity index (χ0) is 25.6. The van der Waals surface area contributed by atoms with Gasteiger partial charge in [-0.15, -0.1) is 0 Å². The Kier molecular flexibility index (Phi) is 9.22. The van der Waals surface area contributed by atoms with Crippen LogP contribution in [0.3, 0.4) is 0 Å². The standard InChI is InChI=1S/C27H27BrCl2N2O3/c1-5-34-24-13-17(12-22(28)25(24)35-16-19-8-11-21(29)14-23(19)30)15-31-32-26(33)18-6-9-20(10-7-18)27(2,3)4/h6-15H,5,16H2,1-4H3,(H,32,33)/b31-15-. The Bertz CT molecular complexity index is 1220. The summed E-state index contributed by atoms with van der Waals surface area (Å²) in [6.07, 6.45) is 1.55. The van der Waals surface area contributed by atoms with Gasteiger partial charge in [-0.1, -0.05) is 62.2 Å². The molecule has 1 N–H and O–H groups in total. The second kappa shape index (κ2) is 11.9. The van der Waals surface area contributed by atoms with E-state index in [1.165, 1.54) is 0 Å². The van der Waals surface area contributed by atoms with Gasteiger partial charge in [0, 0.05) is 21.2 Å². The van der Waals surface area contributed by atoms with E-state index in [2.05, 4.69) is 47.2 Å². The first kappa shape index (κ1) is 27.1. The van der Waals surface area contributed by atoms with Crippen LogP contribution in [0.15, 0.2) is 64.2 Å². The molecule has 0 heterocycles. The van der Waals surface area contributed by atoms with E-state index in [4.69, 9.17) is 32.7 Å². The van der Waals surface area contributed by atoms with Crippen LogP contribution < -0.4 is 14.9 Å². The van der Waals surface area contributed by atoms with Crippen LogP contribution in [-0.4, -0.2) is 18.7 Å². The molecule has 5 nitrogen and oxygen atoms in total. The SMILES string of the molecule is CCOc1cc(/C=N\NC(=O)c2ccc(C(C)(C)C)cc2)cc(Br)c1OCc1ccc(Cl)cc1Cl. The van der Waals surface area contributed by atoms with Gasteiger partial charge in [0.2, 0.25) is 0 Å². The van der Waals surface area contributed by atoms with Gasteiger partial charge in [0.05, 0.1) is 17.3 Å². The van der Waals surface area contributed by atoms with Gasteiger partial charge < -0.3 is 9.47 Å². The third-order valence-electron chi connectivity index (χ3n) is 5.11. The molecule has 0 aromatic heterocycles. The summed E-state index contributed by atoms with van der Waals surface area (Å²) in [5, 5.41) is 5.19. The van der Waals surface area contributed by atoms with Crippen molar-refractivity contribution in [3.63, 3.8) is 0 Å². The summed E-state index contributed by atoms with van der Waals surface area (Å²) in [5.41, 5.74) is 5.81. The van der Waals surface area contributed by atoms with Crippen LogP contribution in [0.25, 0.3) is 0 Å². The molecule has 0 bridgehead atoms. The average molecular weight is 578 g/mol. The fourth-order valence-corrected chi connectivity index (χ4v) is 4.24. The summed E-state index contributed by atoms with van der Waals surface area (Å²) in [5.74, 6) is 0.793. The quantitative estimate of drug-likeness (QED) is 0.219. The number of rotatable bonds is 8. The average Bonchev–Trinajstić information content (AvgIpc) is 2.79. The maximum atomic E-state index is 12.5. The molecular weight excluding hydrogens is 551 g/mol. The molecule has 0 atom stereocenters. The first-order chi connectivity index (χ1) is 16.6. The van der Waals surface area contributed by atoms with Gasteiger partial charge in [0.15, 0.2) is 11.5 Å². The van der Waals surface area contributed by atoms with Crippen LogP contribution in [-0.2, 0) is 12.0 Å². The number of amides is 1. The van der Waals surface area contributed by atoms with Gasteiger partial charge in [-0.2, -0.15) is 5.10 Å². The number of ether oxygens (including phenoxy) is 2. The van der Waals surface area contributed by atoms with Crippen molar-refractivity contribution in [3.8, 4) is 11.5 Å². The predicted octanol–water partition coefficient (Wildman–Crippen LogP) is 7.80. The van der Waals surface area contributed by atoms with E-state index in [-0.39, 0.29) is 17.9 Å². The number of hydrazone groups is 1. The van der Waals surface area contributed by atoms with Crippen LogP contribution in [0.5, 0.6) is 11.5 Å². The first-order valence-electron chi connectivity index (χ1n) is 11.1. The highest BCUT2D eigenvalue weighted by Gasteiger charge is 2.15. The van der Waals surface area contributed by atoms with Crippen LogP contribution in [0.4, 0.5) is 0 Å². The molecule has 35 heavy (non-hydrogen) atoms. The fraction of sp³-hybridized carbons (Fsp3) is 0.259. The molecule has 0 spiro atoms. The predicted molar refractivity (Wildman–Crippen MR) is 146 cm³/mol. The zero-order valence-electron chi connectivity index (χ0n) is 20.0. The number of nitrogens with one attached hydrogen (secondary N) is 1. The lowest BCUT2D eigenvalue weighted by Gasteiger charge is -2.18. The summed E-state index contributed by atoms with van der Waals surface area (Å²) >= 11 is 15.8. The minimum absolute atomic E-state index is 0.0236. The number of hydrogen-bond acceptors (Lipinski definition) is 4. The normalized spacial score (nSPS) is 11.5. The molecule has 0 fully saturated rings. The molecule has 3 aromatic rings. The van der Waals surface area contributed by atoms with E-state index in [0.717, 1.165) is 16.7 Å². The van der Waals surface area contributed by atoms with Crippen molar-refractivity contribution in [1.82, 2.24) is 5.43 Å². The highest BCUT2D eigenvalue weighted by Crippen LogP contribution is 2.37. The summed E-state index contributed by atoms with van der Waals surface area (Å²) in [4.78, 5) is 12.5. The van der Waals surface area contributed by atoms with Gasteiger partial charge in [0.25, 0.3) is 5.91 Å². The number of carbonyl (C=O) groups excluding carboxylic acids is 1. The molecule has 3 aromatic carbocycles. The molecule has 184 valence electrons.